The molecule has 4 heavy (non-hydrogen) atoms. The average molecular weight is 266 g/mol. The largest absolute Gasteiger partial charge is 0 e. The maximum Gasteiger partial charge on any atom is 0 e. The SMILES string of the molecule is [LiH].[O]=[Ni].[W]. The molecule has 0 aromatic carbocycles. The molecule has 4 heteroatoms. The standard InChI is InChI=1S/Li.Ni.O.W.H. The van der Waals surface area contributed by atoms with Crippen molar-refractivity contribution in [2.24, 2.45) is 0 Å². The second-order valence-corrected chi connectivity index (χ2v) is 0. The summed E-state index contributed by atoms with van der Waals surface area (Å²) in [6.07, 6.45) is 0. The summed E-state index contributed by atoms with van der Waals surface area (Å²) in [7, 11) is 0. The molecule has 0 atom stereocenters. The Bertz CT molecular complexity index is 8.00. The van der Waals surface area contributed by atoms with Crippen LogP contribution in [0.25, 0.3) is 0 Å². The van der Waals surface area contributed by atoms with Gasteiger partial charge in [0.2, 0.25) is 0 Å². The van der Waals surface area contributed by atoms with Crippen molar-refractivity contribution in [3.63, 3.8) is 0 Å². The van der Waals surface area contributed by atoms with Gasteiger partial charge in [0, 0.05) is 21.1 Å². The molecule has 0 saturated heterocycles. The van der Waals surface area contributed by atoms with Crippen molar-refractivity contribution in [2.45, 2.75) is 0 Å². The van der Waals surface area contributed by atoms with Crippen molar-refractivity contribution in [1.82, 2.24) is 0 Å². The van der Waals surface area contributed by atoms with E-state index in [0.717, 1.165) is 0 Å². The molecule has 1 nitrogen and oxygen atoms in total. The molecule has 0 aliphatic heterocycles. The fourth-order valence-electron chi connectivity index (χ4n) is 0. The predicted molar refractivity (Wildman–Crippen MR) is 7.84 cm³/mol. The molecule has 0 unspecified atom stereocenters. The van der Waals surface area contributed by atoms with E-state index in [2.05, 4.69) is 15.4 Å². The summed E-state index contributed by atoms with van der Waals surface area (Å²) in [5, 5.41) is 0. The molecule has 0 heterocycles. The van der Waals surface area contributed by atoms with Gasteiger partial charge in [-0.15, -0.1) is 0 Å². The number of rotatable bonds is 0. The van der Waals surface area contributed by atoms with E-state index in [4.69, 9.17) is 3.90 Å². The first-order valence-corrected chi connectivity index (χ1v) is 0.532. The van der Waals surface area contributed by atoms with Crippen LogP contribution in [-0.2, 0) is 40.4 Å². The second kappa shape index (κ2) is 23.5. The van der Waals surface area contributed by atoms with Gasteiger partial charge in [-0.25, -0.2) is 0 Å². The maximum absolute atomic E-state index is 7.88. The van der Waals surface area contributed by atoms with Crippen LogP contribution in [0, 0.1) is 0 Å². The van der Waals surface area contributed by atoms with Crippen LogP contribution in [-0.4, -0.2) is 18.9 Å². The van der Waals surface area contributed by atoms with E-state index in [1.165, 1.54) is 0 Å². The fraction of sp³-hybridized carbons (Fsp3) is 0. The van der Waals surface area contributed by atoms with E-state index in [-0.39, 0.29) is 39.9 Å². The van der Waals surface area contributed by atoms with Gasteiger partial charge in [0.05, 0.1) is 0 Å². The molecule has 24 valence electrons. The first kappa shape index (κ1) is 17.6. The van der Waals surface area contributed by atoms with Crippen LogP contribution < -0.4 is 0 Å². The van der Waals surface area contributed by atoms with Crippen LogP contribution in [0.2, 0.25) is 0 Å². The minimum atomic E-state index is 0. The molecular formula is HLiNiOW. The molecule has 0 fully saturated rings. The third-order valence-electron chi connectivity index (χ3n) is 0. The smallest absolute Gasteiger partial charge is 0 e. The van der Waals surface area contributed by atoms with Crippen LogP contribution in [0.5, 0.6) is 0 Å². The molecule has 0 saturated carbocycles. The Hall–Kier alpha value is 1.58. The molecule has 0 bridgehead atoms. The van der Waals surface area contributed by atoms with Crippen LogP contribution in [0.3, 0.4) is 0 Å². The third kappa shape index (κ3) is 9.55. The van der Waals surface area contributed by atoms with E-state index < -0.39 is 0 Å². The summed E-state index contributed by atoms with van der Waals surface area (Å²) >= 11 is 2.62. The van der Waals surface area contributed by atoms with Crippen molar-refractivity contribution < 1.29 is 40.4 Å². The Morgan fingerprint density at radius 3 is 1.25 bits per heavy atom. The number of hydrogen-bond acceptors (Lipinski definition) is 1. The van der Waals surface area contributed by atoms with E-state index >= 15 is 0 Å². The molecule has 0 N–H and O–H groups in total. The van der Waals surface area contributed by atoms with Crippen molar-refractivity contribution in [1.29, 1.82) is 0 Å². The van der Waals surface area contributed by atoms with Crippen LogP contribution in [0.15, 0.2) is 0 Å². The molecule has 0 radical (unpaired) electrons. The van der Waals surface area contributed by atoms with Gasteiger partial charge < -0.3 is 0 Å². The molecule has 0 aliphatic rings. The third-order valence-corrected chi connectivity index (χ3v) is 0. The molecule has 0 aromatic heterocycles. The quantitative estimate of drug-likeness (QED) is 0.526. The Morgan fingerprint density at radius 1 is 1.25 bits per heavy atom. The first-order valence-electron chi connectivity index (χ1n) is 0.129. The van der Waals surface area contributed by atoms with Crippen molar-refractivity contribution in [3.05, 3.63) is 0 Å². The van der Waals surface area contributed by atoms with Gasteiger partial charge in [-0.1, -0.05) is 0 Å². The van der Waals surface area contributed by atoms with Gasteiger partial charge in [0.25, 0.3) is 0 Å². The zero-order chi connectivity index (χ0) is 2.00. The Morgan fingerprint density at radius 2 is 1.25 bits per heavy atom. The fourth-order valence-corrected chi connectivity index (χ4v) is 0. The molecule has 0 aromatic rings. The Labute approximate surface area is 58.9 Å². The van der Waals surface area contributed by atoms with Crippen LogP contribution in [0.1, 0.15) is 0 Å². The van der Waals surface area contributed by atoms with Gasteiger partial charge in [0.15, 0.2) is 0 Å². The zero-order valence-electron chi connectivity index (χ0n) is 1.13. The summed E-state index contributed by atoms with van der Waals surface area (Å²) in [5.74, 6) is 0. The van der Waals surface area contributed by atoms with Gasteiger partial charge >= 0.3 is 38.1 Å². The molecule has 0 rings (SSSR count). The van der Waals surface area contributed by atoms with Crippen molar-refractivity contribution in [3.8, 4) is 0 Å². The predicted octanol–water partition coefficient (Wildman–Crippen LogP) is -0.772. The Kier molecular flexibility index (Phi) is 103. The molecule has 0 amide bonds. The van der Waals surface area contributed by atoms with Gasteiger partial charge in [-0.3, -0.25) is 0 Å². The molecule has 0 aliphatic carbocycles. The van der Waals surface area contributed by atoms with Gasteiger partial charge in [-0.05, 0) is 0 Å². The van der Waals surface area contributed by atoms with E-state index in [1.807, 2.05) is 0 Å². The zero-order valence-corrected chi connectivity index (χ0v) is 5.05. The van der Waals surface area contributed by atoms with Crippen molar-refractivity contribution in [2.75, 3.05) is 0 Å². The van der Waals surface area contributed by atoms with Gasteiger partial charge in [-0.2, -0.15) is 0 Å². The Balaban J connectivity index is -0.00000000500. The van der Waals surface area contributed by atoms with E-state index in [0.29, 0.717) is 0 Å². The van der Waals surface area contributed by atoms with Crippen LogP contribution in [0.4, 0.5) is 0 Å². The number of hydrogen-bond donors (Lipinski definition) is 0. The van der Waals surface area contributed by atoms with Gasteiger partial charge in [0.1, 0.15) is 0 Å². The second-order valence-electron chi connectivity index (χ2n) is 0. The monoisotopic (exact) mass is 266 g/mol. The first-order chi connectivity index (χ1) is 1.00. The summed E-state index contributed by atoms with van der Waals surface area (Å²) in [4.78, 5) is 0. The molecular weight excluding hydrogens is 265 g/mol. The topological polar surface area (TPSA) is 17.1 Å². The van der Waals surface area contributed by atoms with Crippen molar-refractivity contribution >= 4 is 18.9 Å². The summed E-state index contributed by atoms with van der Waals surface area (Å²) < 4.78 is 7.88. The summed E-state index contributed by atoms with van der Waals surface area (Å²) in [6.45, 7) is 0. The summed E-state index contributed by atoms with van der Waals surface area (Å²) in [5.41, 5.74) is 0. The molecule has 0 spiro atoms. The minimum Gasteiger partial charge on any atom is 0 e. The summed E-state index contributed by atoms with van der Waals surface area (Å²) in [6, 6.07) is 0. The van der Waals surface area contributed by atoms with E-state index in [1.54, 1.807) is 0 Å². The normalized spacial score (nSPS) is 1.50. The average Bonchev–Trinajstić information content (AvgIpc) is 1.00. The minimum absolute atomic E-state index is 0. The van der Waals surface area contributed by atoms with Crippen LogP contribution >= 0.6 is 0 Å². The van der Waals surface area contributed by atoms with E-state index in [9.17, 15) is 0 Å². The maximum atomic E-state index is 7.88.